The first kappa shape index (κ1) is 15.4. The lowest BCUT2D eigenvalue weighted by Crippen LogP contribution is -2.57. The maximum atomic E-state index is 10.7. The van der Waals surface area contributed by atoms with Gasteiger partial charge in [-0.1, -0.05) is 18.9 Å². The lowest BCUT2D eigenvalue weighted by atomic mass is 9.52. The number of aromatic hydroxyl groups is 1. The second kappa shape index (κ2) is 5.30. The fraction of sp³-hybridized carbons (Fsp3) is 0.579. The molecule has 4 atom stereocenters. The van der Waals surface area contributed by atoms with E-state index in [-0.39, 0.29) is 5.41 Å². The van der Waals surface area contributed by atoms with Crippen molar-refractivity contribution in [3.8, 4) is 17.6 Å². The van der Waals surface area contributed by atoms with E-state index in [1.54, 1.807) is 13.0 Å². The molecule has 3 heteroatoms. The van der Waals surface area contributed by atoms with Crippen LogP contribution < -0.4 is 0 Å². The van der Waals surface area contributed by atoms with Gasteiger partial charge in [-0.3, -0.25) is 0 Å². The van der Waals surface area contributed by atoms with Crippen molar-refractivity contribution < 1.29 is 15.3 Å². The van der Waals surface area contributed by atoms with E-state index in [9.17, 15) is 15.3 Å². The van der Waals surface area contributed by atoms with Crippen molar-refractivity contribution in [1.29, 1.82) is 0 Å². The fourth-order valence-electron chi connectivity index (χ4n) is 4.67. The van der Waals surface area contributed by atoms with E-state index >= 15 is 0 Å². The highest BCUT2D eigenvalue weighted by atomic mass is 16.3. The molecular weight excluding hydrogens is 276 g/mol. The van der Waals surface area contributed by atoms with E-state index in [1.165, 1.54) is 11.1 Å². The van der Waals surface area contributed by atoms with Crippen molar-refractivity contribution >= 4 is 0 Å². The molecule has 0 amide bonds. The summed E-state index contributed by atoms with van der Waals surface area (Å²) in [5.41, 5.74) is 1.00. The van der Waals surface area contributed by atoms with Crippen LogP contribution in [-0.4, -0.2) is 27.0 Å². The predicted octanol–water partition coefficient (Wildman–Crippen LogP) is 2.51. The summed E-state index contributed by atoms with van der Waals surface area (Å²) in [5, 5.41) is 31.0. The van der Waals surface area contributed by atoms with Gasteiger partial charge in [-0.2, -0.15) is 0 Å². The largest absolute Gasteiger partial charge is 0.508 e. The van der Waals surface area contributed by atoms with Crippen LogP contribution in [0.15, 0.2) is 18.2 Å². The molecule has 118 valence electrons. The molecule has 3 rings (SSSR count). The van der Waals surface area contributed by atoms with Crippen molar-refractivity contribution in [2.24, 2.45) is 5.92 Å². The summed E-state index contributed by atoms with van der Waals surface area (Å²) in [6.45, 7) is 3.85. The molecule has 1 aromatic rings. The third-order valence-electron chi connectivity index (χ3n) is 5.81. The predicted molar refractivity (Wildman–Crippen MR) is 85.5 cm³/mol. The summed E-state index contributed by atoms with van der Waals surface area (Å²) in [7, 11) is 0. The van der Waals surface area contributed by atoms with Gasteiger partial charge >= 0.3 is 0 Å². The number of phenols is 1. The molecule has 0 heterocycles. The van der Waals surface area contributed by atoms with E-state index in [2.05, 4.69) is 18.8 Å². The molecule has 3 unspecified atom stereocenters. The Kier molecular flexibility index (Phi) is 3.71. The van der Waals surface area contributed by atoms with Crippen molar-refractivity contribution in [3.63, 3.8) is 0 Å². The molecule has 0 radical (unpaired) electrons. The minimum atomic E-state index is -1.29. The summed E-state index contributed by atoms with van der Waals surface area (Å²) >= 11 is 0. The Morgan fingerprint density at radius 1 is 1.32 bits per heavy atom. The third-order valence-corrected chi connectivity index (χ3v) is 5.81. The number of benzene rings is 1. The third kappa shape index (κ3) is 2.14. The zero-order chi connectivity index (χ0) is 16.0. The van der Waals surface area contributed by atoms with Crippen LogP contribution in [0.2, 0.25) is 0 Å². The van der Waals surface area contributed by atoms with Crippen molar-refractivity contribution in [2.75, 3.05) is 0 Å². The maximum absolute atomic E-state index is 10.7. The second-order valence-electron chi connectivity index (χ2n) is 6.81. The van der Waals surface area contributed by atoms with Crippen molar-refractivity contribution in [1.82, 2.24) is 0 Å². The Balaban J connectivity index is 2.07. The number of aryl methyl sites for hydroxylation is 1. The highest BCUT2D eigenvalue weighted by molar-refractivity contribution is 5.44. The van der Waals surface area contributed by atoms with E-state index in [1.807, 2.05) is 12.1 Å². The van der Waals surface area contributed by atoms with Gasteiger partial charge in [0.2, 0.25) is 0 Å². The topological polar surface area (TPSA) is 60.7 Å². The molecule has 1 saturated carbocycles. The molecule has 0 spiro atoms. The molecule has 0 saturated heterocycles. The molecule has 3 N–H and O–H groups in total. The summed E-state index contributed by atoms with van der Waals surface area (Å²) < 4.78 is 0. The zero-order valence-electron chi connectivity index (χ0n) is 13.3. The van der Waals surface area contributed by atoms with E-state index in [0.717, 1.165) is 19.3 Å². The van der Waals surface area contributed by atoms with Gasteiger partial charge in [0.1, 0.15) is 5.75 Å². The number of hydrogen-bond donors (Lipinski definition) is 3. The number of fused-ring (bicyclic) bond motifs is 3. The van der Waals surface area contributed by atoms with Gasteiger partial charge in [0.05, 0.1) is 6.10 Å². The molecule has 1 aromatic carbocycles. The fourth-order valence-corrected chi connectivity index (χ4v) is 4.67. The highest BCUT2D eigenvalue weighted by Gasteiger charge is 2.54. The average molecular weight is 300 g/mol. The monoisotopic (exact) mass is 300 g/mol. The standard InChI is InChI=1S/C19H24O3/c1-3-9-19(22)11-14-6-5-13-10-15(20)7-8-16(13)18(14,4-2)12-17(19)21/h7-8,10,14,17,20-22H,4-6,11-12H2,1-2H3/t14?,17-,18?,19?/m0/s1. The number of aliphatic hydroxyl groups excluding tert-OH is 1. The first-order valence-electron chi connectivity index (χ1n) is 8.12. The summed E-state index contributed by atoms with van der Waals surface area (Å²) in [6.07, 6.45) is 2.99. The van der Waals surface area contributed by atoms with Gasteiger partial charge < -0.3 is 15.3 Å². The van der Waals surface area contributed by atoms with Crippen LogP contribution in [0, 0.1) is 17.8 Å². The number of hydrogen-bond acceptors (Lipinski definition) is 3. The second-order valence-corrected chi connectivity index (χ2v) is 6.81. The summed E-state index contributed by atoms with van der Waals surface area (Å²) in [5.74, 6) is 6.21. The van der Waals surface area contributed by atoms with Gasteiger partial charge in [0.15, 0.2) is 5.60 Å². The molecule has 0 aliphatic heterocycles. The quantitative estimate of drug-likeness (QED) is 0.698. The van der Waals surface area contributed by atoms with Gasteiger partial charge in [-0.05, 0) is 68.2 Å². The van der Waals surface area contributed by atoms with E-state index in [4.69, 9.17) is 0 Å². The zero-order valence-corrected chi connectivity index (χ0v) is 13.3. The van der Waals surface area contributed by atoms with Crippen LogP contribution in [0.5, 0.6) is 5.75 Å². The molecule has 22 heavy (non-hydrogen) atoms. The Labute approximate surface area is 132 Å². The van der Waals surface area contributed by atoms with Crippen LogP contribution in [0.3, 0.4) is 0 Å². The molecule has 3 nitrogen and oxygen atoms in total. The average Bonchev–Trinajstić information content (AvgIpc) is 2.48. The molecule has 2 aliphatic rings. The molecule has 2 aliphatic carbocycles. The lowest BCUT2D eigenvalue weighted by molar-refractivity contribution is -0.106. The lowest BCUT2D eigenvalue weighted by Gasteiger charge is -2.53. The smallest absolute Gasteiger partial charge is 0.151 e. The van der Waals surface area contributed by atoms with Gasteiger partial charge in [-0.25, -0.2) is 0 Å². The molecular formula is C19H24O3. The first-order valence-corrected chi connectivity index (χ1v) is 8.12. The van der Waals surface area contributed by atoms with Crippen LogP contribution in [0.25, 0.3) is 0 Å². The number of aliphatic hydroxyl groups is 2. The van der Waals surface area contributed by atoms with Crippen molar-refractivity contribution in [3.05, 3.63) is 29.3 Å². The first-order chi connectivity index (χ1) is 10.4. The van der Waals surface area contributed by atoms with E-state index in [0.29, 0.717) is 24.5 Å². The normalized spacial score (nSPS) is 36.7. The Morgan fingerprint density at radius 3 is 2.77 bits per heavy atom. The van der Waals surface area contributed by atoms with Crippen LogP contribution in [0.4, 0.5) is 0 Å². The van der Waals surface area contributed by atoms with Crippen LogP contribution in [0.1, 0.15) is 50.7 Å². The maximum Gasteiger partial charge on any atom is 0.151 e. The highest BCUT2D eigenvalue weighted by Crippen LogP contribution is 2.54. The summed E-state index contributed by atoms with van der Waals surface area (Å²) in [6, 6.07) is 5.59. The SMILES string of the molecule is CC#CC1(O)CC2CCc3cc(O)ccc3C2(CC)C[C@@H]1O. The van der Waals surface area contributed by atoms with E-state index < -0.39 is 11.7 Å². The molecule has 0 aromatic heterocycles. The van der Waals surface area contributed by atoms with Crippen molar-refractivity contribution in [2.45, 2.75) is 63.1 Å². The van der Waals surface area contributed by atoms with Gasteiger partial charge in [0.25, 0.3) is 0 Å². The Bertz CT molecular complexity index is 642. The Hall–Kier alpha value is -1.50. The minimum absolute atomic E-state index is 0.123. The van der Waals surface area contributed by atoms with Crippen LogP contribution >= 0.6 is 0 Å². The Morgan fingerprint density at radius 2 is 2.09 bits per heavy atom. The number of rotatable bonds is 1. The minimum Gasteiger partial charge on any atom is -0.508 e. The molecule has 0 bridgehead atoms. The summed E-state index contributed by atoms with van der Waals surface area (Å²) in [4.78, 5) is 0. The molecule has 1 fully saturated rings. The van der Waals surface area contributed by atoms with Crippen LogP contribution in [-0.2, 0) is 11.8 Å². The number of phenolic OH excluding ortho intramolecular Hbond substituents is 1. The van der Waals surface area contributed by atoms with Gasteiger partial charge in [0, 0.05) is 5.41 Å². The van der Waals surface area contributed by atoms with Gasteiger partial charge in [-0.15, -0.1) is 5.92 Å².